The zero-order valence-corrected chi connectivity index (χ0v) is 13.2. The van der Waals surface area contributed by atoms with Crippen LogP contribution in [0.15, 0.2) is 54.7 Å². The molecule has 0 aliphatic heterocycles. The number of aryl methyl sites for hydroxylation is 1. The van der Waals surface area contributed by atoms with Crippen molar-refractivity contribution in [2.45, 2.75) is 13.3 Å². The fourth-order valence-electron chi connectivity index (χ4n) is 2.99. The van der Waals surface area contributed by atoms with E-state index in [9.17, 15) is 13.2 Å². The Hall–Kier alpha value is -3.02. The van der Waals surface area contributed by atoms with Gasteiger partial charge in [0, 0.05) is 22.5 Å². The van der Waals surface area contributed by atoms with Crippen molar-refractivity contribution >= 4 is 21.8 Å². The van der Waals surface area contributed by atoms with Gasteiger partial charge in [-0.15, -0.1) is 13.2 Å². The summed E-state index contributed by atoms with van der Waals surface area (Å²) in [6, 6.07) is 13.7. The maximum absolute atomic E-state index is 12.3. The molecule has 2 aromatic carbocycles. The van der Waals surface area contributed by atoms with Gasteiger partial charge >= 0.3 is 6.36 Å². The SMILES string of the molecule is Cc1nccc2c1[nH]c1ccc(-c3ccc(OC(F)(F)F)cc3)cc12. The van der Waals surface area contributed by atoms with E-state index in [0.29, 0.717) is 0 Å². The average Bonchev–Trinajstić information content (AvgIpc) is 2.94. The van der Waals surface area contributed by atoms with E-state index in [1.165, 1.54) is 12.1 Å². The van der Waals surface area contributed by atoms with Crippen LogP contribution in [-0.2, 0) is 0 Å². The number of rotatable bonds is 2. The number of ether oxygens (including phenoxy) is 1. The Balaban J connectivity index is 1.76. The first-order valence-electron chi connectivity index (χ1n) is 7.64. The van der Waals surface area contributed by atoms with E-state index in [4.69, 9.17) is 0 Å². The molecule has 126 valence electrons. The zero-order chi connectivity index (χ0) is 17.6. The first kappa shape index (κ1) is 15.5. The van der Waals surface area contributed by atoms with E-state index in [0.717, 1.165) is 38.6 Å². The molecule has 2 aromatic heterocycles. The molecule has 0 unspecified atom stereocenters. The minimum absolute atomic E-state index is 0.230. The summed E-state index contributed by atoms with van der Waals surface area (Å²) in [5.74, 6) is -0.230. The number of H-pyrrole nitrogens is 1. The number of nitrogens with zero attached hydrogens (tertiary/aromatic N) is 1. The van der Waals surface area contributed by atoms with E-state index in [1.807, 2.05) is 31.2 Å². The summed E-state index contributed by atoms with van der Waals surface area (Å²) in [4.78, 5) is 7.64. The number of alkyl halides is 3. The molecule has 0 saturated carbocycles. The topological polar surface area (TPSA) is 37.9 Å². The molecule has 25 heavy (non-hydrogen) atoms. The lowest BCUT2D eigenvalue weighted by molar-refractivity contribution is -0.274. The third kappa shape index (κ3) is 2.91. The first-order chi connectivity index (χ1) is 11.9. The minimum atomic E-state index is -4.68. The summed E-state index contributed by atoms with van der Waals surface area (Å²) in [7, 11) is 0. The third-order valence-corrected chi connectivity index (χ3v) is 4.13. The molecule has 3 nitrogen and oxygen atoms in total. The van der Waals surface area contributed by atoms with Crippen molar-refractivity contribution < 1.29 is 17.9 Å². The Morgan fingerprint density at radius 1 is 0.920 bits per heavy atom. The molecule has 0 aliphatic carbocycles. The van der Waals surface area contributed by atoms with Gasteiger partial charge in [0.25, 0.3) is 0 Å². The number of fused-ring (bicyclic) bond motifs is 3. The summed E-state index contributed by atoms with van der Waals surface area (Å²) < 4.78 is 40.7. The maximum atomic E-state index is 12.3. The summed E-state index contributed by atoms with van der Waals surface area (Å²) in [6.07, 6.45) is -2.92. The van der Waals surface area contributed by atoms with Crippen LogP contribution >= 0.6 is 0 Å². The van der Waals surface area contributed by atoms with Crippen LogP contribution in [-0.4, -0.2) is 16.3 Å². The van der Waals surface area contributed by atoms with Crippen LogP contribution < -0.4 is 4.74 Å². The van der Waals surface area contributed by atoms with Crippen molar-refractivity contribution in [2.75, 3.05) is 0 Å². The molecule has 0 spiro atoms. The highest BCUT2D eigenvalue weighted by atomic mass is 19.4. The molecular formula is C19H13F3N2O. The van der Waals surface area contributed by atoms with Crippen LogP contribution in [0.2, 0.25) is 0 Å². The van der Waals surface area contributed by atoms with Gasteiger partial charge in [0.1, 0.15) is 5.75 Å². The molecule has 0 saturated heterocycles. The van der Waals surface area contributed by atoms with Crippen LogP contribution in [0.4, 0.5) is 13.2 Å². The van der Waals surface area contributed by atoms with E-state index in [2.05, 4.69) is 14.7 Å². The van der Waals surface area contributed by atoms with Gasteiger partial charge in [0.05, 0.1) is 11.2 Å². The van der Waals surface area contributed by atoms with E-state index >= 15 is 0 Å². The lowest BCUT2D eigenvalue weighted by Crippen LogP contribution is -2.16. The van der Waals surface area contributed by atoms with E-state index in [1.54, 1.807) is 18.3 Å². The van der Waals surface area contributed by atoms with Gasteiger partial charge < -0.3 is 9.72 Å². The smallest absolute Gasteiger partial charge is 0.406 e. The van der Waals surface area contributed by atoms with Crippen LogP contribution in [0.3, 0.4) is 0 Å². The molecule has 2 heterocycles. The van der Waals surface area contributed by atoms with Crippen LogP contribution in [0.5, 0.6) is 5.75 Å². The van der Waals surface area contributed by atoms with Crippen molar-refractivity contribution in [1.82, 2.24) is 9.97 Å². The Morgan fingerprint density at radius 2 is 1.64 bits per heavy atom. The van der Waals surface area contributed by atoms with Crippen LogP contribution in [0.25, 0.3) is 32.9 Å². The number of hydrogen-bond acceptors (Lipinski definition) is 2. The van der Waals surface area contributed by atoms with Gasteiger partial charge in [0.15, 0.2) is 0 Å². The van der Waals surface area contributed by atoms with E-state index in [-0.39, 0.29) is 5.75 Å². The molecule has 1 N–H and O–H groups in total. The lowest BCUT2D eigenvalue weighted by atomic mass is 10.0. The van der Waals surface area contributed by atoms with Gasteiger partial charge in [-0.05, 0) is 48.4 Å². The van der Waals surface area contributed by atoms with Gasteiger partial charge in [-0.3, -0.25) is 4.98 Å². The molecule has 6 heteroatoms. The second kappa shape index (κ2) is 5.51. The van der Waals surface area contributed by atoms with Crippen molar-refractivity contribution in [3.05, 3.63) is 60.4 Å². The predicted molar refractivity (Wildman–Crippen MR) is 90.5 cm³/mol. The number of aromatic amines is 1. The Bertz CT molecular complexity index is 1070. The first-order valence-corrected chi connectivity index (χ1v) is 7.64. The summed E-state index contributed by atoms with van der Waals surface area (Å²) in [5.41, 5.74) is 4.64. The Labute approximate surface area is 141 Å². The average molecular weight is 342 g/mol. The number of halogens is 3. The molecule has 0 bridgehead atoms. The largest absolute Gasteiger partial charge is 0.573 e. The number of nitrogens with one attached hydrogen (secondary N) is 1. The summed E-state index contributed by atoms with van der Waals surface area (Å²) in [6.45, 7) is 1.94. The molecule has 4 aromatic rings. The monoisotopic (exact) mass is 342 g/mol. The molecule has 4 rings (SSSR count). The maximum Gasteiger partial charge on any atom is 0.573 e. The normalized spacial score (nSPS) is 12.0. The van der Waals surface area contributed by atoms with Crippen molar-refractivity contribution in [3.8, 4) is 16.9 Å². The van der Waals surface area contributed by atoms with Gasteiger partial charge in [-0.2, -0.15) is 0 Å². The Morgan fingerprint density at radius 3 is 2.36 bits per heavy atom. The van der Waals surface area contributed by atoms with Crippen LogP contribution in [0, 0.1) is 6.92 Å². The third-order valence-electron chi connectivity index (χ3n) is 4.13. The fourth-order valence-corrected chi connectivity index (χ4v) is 2.99. The predicted octanol–water partition coefficient (Wildman–Crippen LogP) is 5.59. The minimum Gasteiger partial charge on any atom is -0.406 e. The van der Waals surface area contributed by atoms with Crippen molar-refractivity contribution in [2.24, 2.45) is 0 Å². The molecule has 0 aliphatic rings. The molecule has 0 amide bonds. The van der Waals surface area contributed by atoms with Gasteiger partial charge in [0.2, 0.25) is 0 Å². The molecule has 0 fully saturated rings. The van der Waals surface area contributed by atoms with Crippen molar-refractivity contribution in [1.29, 1.82) is 0 Å². The molecular weight excluding hydrogens is 329 g/mol. The molecule has 0 atom stereocenters. The quantitative estimate of drug-likeness (QED) is 0.516. The number of benzene rings is 2. The van der Waals surface area contributed by atoms with Gasteiger partial charge in [-0.25, -0.2) is 0 Å². The zero-order valence-electron chi connectivity index (χ0n) is 13.2. The fraction of sp³-hybridized carbons (Fsp3) is 0.105. The summed E-state index contributed by atoms with van der Waals surface area (Å²) in [5, 5.41) is 2.12. The highest BCUT2D eigenvalue weighted by Gasteiger charge is 2.30. The molecule has 0 radical (unpaired) electrons. The second-order valence-electron chi connectivity index (χ2n) is 5.78. The highest BCUT2D eigenvalue weighted by molar-refractivity contribution is 6.09. The van der Waals surface area contributed by atoms with Crippen molar-refractivity contribution in [3.63, 3.8) is 0 Å². The van der Waals surface area contributed by atoms with Gasteiger partial charge in [-0.1, -0.05) is 18.2 Å². The number of hydrogen-bond donors (Lipinski definition) is 1. The summed E-state index contributed by atoms with van der Waals surface area (Å²) >= 11 is 0. The van der Waals surface area contributed by atoms with Crippen LogP contribution in [0.1, 0.15) is 5.69 Å². The van der Waals surface area contributed by atoms with E-state index < -0.39 is 6.36 Å². The number of pyridine rings is 1. The lowest BCUT2D eigenvalue weighted by Gasteiger charge is -2.09. The Kier molecular flexibility index (Phi) is 3.42. The number of aromatic nitrogens is 2. The second-order valence-corrected chi connectivity index (χ2v) is 5.78. The standard InChI is InChI=1S/C19H13F3N2O/c1-11-18-15(8-9-23-11)16-10-13(4-7-17(16)24-18)12-2-5-14(6-3-12)25-19(20,21)22/h2-10,24H,1H3. The highest BCUT2D eigenvalue weighted by Crippen LogP contribution is 2.32.